The Hall–Kier alpha value is -1.59. The van der Waals surface area contributed by atoms with Crippen LogP contribution in [0.2, 0.25) is 0 Å². The maximum atomic E-state index is 11.2. The number of rotatable bonds is 9. The van der Waals surface area contributed by atoms with E-state index in [-0.39, 0.29) is 5.91 Å². The SMILES string of the molecule is CNC(=O)CCOc1c(C)cccc1CNCCOC. The van der Waals surface area contributed by atoms with E-state index in [0.29, 0.717) is 19.6 Å². The van der Waals surface area contributed by atoms with Crippen LogP contribution in [0.25, 0.3) is 0 Å². The van der Waals surface area contributed by atoms with Crippen molar-refractivity contribution < 1.29 is 14.3 Å². The van der Waals surface area contributed by atoms with Gasteiger partial charge in [0.05, 0.1) is 19.6 Å². The molecule has 5 nitrogen and oxygen atoms in total. The fourth-order valence-electron chi connectivity index (χ4n) is 1.83. The molecule has 0 aliphatic carbocycles. The molecule has 1 aromatic carbocycles. The number of hydrogen-bond donors (Lipinski definition) is 2. The molecule has 0 spiro atoms. The summed E-state index contributed by atoms with van der Waals surface area (Å²) in [5, 5.41) is 5.88. The second-order valence-electron chi connectivity index (χ2n) is 4.50. The molecule has 20 heavy (non-hydrogen) atoms. The average Bonchev–Trinajstić information content (AvgIpc) is 2.45. The van der Waals surface area contributed by atoms with Crippen molar-refractivity contribution in [2.24, 2.45) is 0 Å². The van der Waals surface area contributed by atoms with Gasteiger partial charge in [0, 0.05) is 32.8 Å². The van der Waals surface area contributed by atoms with Crippen LogP contribution >= 0.6 is 0 Å². The lowest BCUT2D eigenvalue weighted by Gasteiger charge is -2.14. The fourth-order valence-corrected chi connectivity index (χ4v) is 1.83. The zero-order valence-electron chi connectivity index (χ0n) is 12.5. The molecule has 0 atom stereocenters. The van der Waals surface area contributed by atoms with E-state index in [1.807, 2.05) is 25.1 Å². The second-order valence-corrected chi connectivity index (χ2v) is 4.50. The minimum Gasteiger partial charge on any atom is -0.492 e. The Labute approximate surface area is 120 Å². The lowest BCUT2D eigenvalue weighted by molar-refractivity contribution is -0.121. The van der Waals surface area contributed by atoms with Gasteiger partial charge in [0.2, 0.25) is 5.91 Å². The molecule has 1 rings (SSSR count). The molecule has 0 radical (unpaired) electrons. The smallest absolute Gasteiger partial charge is 0.223 e. The zero-order chi connectivity index (χ0) is 14.8. The Morgan fingerprint density at radius 1 is 1.30 bits per heavy atom. The molecule has 0 aliphatic heterocycles. The van der Waals surface area contributed by atoms with E-state index >= 15 is 0 Å². The summed E-state index contributed by atoms with van der Waals surface area (Å²) in [4.78, 5) is 11.2. The van der Waals surface area contributed by atoms with E-state index in [1.54, 1.807) is 14.2 Å². The number of methoxy groups -OCH3 is 1. The van der Waals surface area contributed by atoms with Crippen molar-refractivity contribution in [1.82, 2.24) is 10.6 Å². The molecular formula is C15H24N2O3. The number of benzene rings is 1. The Morgan fingerprint density at radius 2 is 2.10 bits per heavy atom. The third-order valence-electron chi connectivity index (χ3n) is 2.95. The molecule has 0 saturated carbocycles. The summed E-state index contributed by atoms with van der Waals surface area (Å²) >= 11 is 0. The van der Waals surface area contributed by atoms with Crippen LogP contribution in [0, 0.1) is 6.92 Å². The normalized spacial score (nSPS) is 10.3. The predicted octanol–water partition coefficient (Wildman–Crippen LogP) is 1.25. The maximum Gasteiger partial charge on any atom is 0.223 e. The van der Waals surface area contributed by atoms with Gasteiger partial charge in [-0.25, -0.2) is 0 Å². The van der Waals surface area contributed by atoms with Crippen LogP contribution in [0.15, 0.2) is 18.2 Å². The van der Waals surface area contributed by atoms with Crippen LogP contribution in [0.4, 0.5) is 0 Å². The summed E-state index contributed by atoms with van der Waals surface area (Å²) in [5.41, 5.74) is 2.17. The monoisotopic (exact) mass is 280 g/mol. The zero-order valence-corrected chi connectivity index (χ0v) is 12.5. The lowest BCUT2D eigenvalue weighted by Crippen LogP contribution is -2.21. The van der Waals surface area contributed by atoms with Crippen molar-refractivity contribution >= 4 is 5.91 Å². The topological polar surface area (TPSA) is 59.6 Å². The van der Waals surface area contributed by atoms with Crippen LogP contribution in [0.1, 0.15) is 17.5 Å². The fraction of sp³-hybridized carbons (Fsp3) is 0.533. The number of amides is 1. The van der Waals surface area contributed by atoms with Gasteiger partial charge >= 0.3 is 0 Å². The number of carbonyl (C=O) groups excluding carboxylic acids is 1. The summed E-state index contributed by atoms with van der Waals surface area (Å²) < 4.78 is 10.8. The number of carbonyl (C=O) groups is 1. The standard InChI is InChI=1S/C15H24N2O3/c1-12-5-4-6-13(11-17-8-10-19-3)15(12)20-9-7-14(18)16-2/h4-6,17H,7-11H2,1-3H3,(H,16,18). The van der Waals surface area contributed by atoms with Crippen molar-refractivity contribution in [3.63, 3.8) is 0 Å². The van der Waals surface area contributed by atoms with Crippen LogP contribution in [0.3, 0.4) is 0 Å². The molecule has 112 valence electrons. The first-order chi connectivity index (χ1) is 9.69. The number of ether oxygens (including phenoxy) is 2. The minimum atomic E-state index is -0.0154. The molecule has 0 aliphatic rings. The van der Waals surface area contributed by atoms with Gasteiger partial charge in [0.1, 0.15) is 5.75 Å². The molecule has 0 fully saturated rings. The molecule has 0 bridgehead atoms. The first kappa shape index (κ1) is 16.5. The second kappa shape index (κ2) is 9.34. The Morgan fingerprint density at radius 3 is 2.80 bits per heavy atom. The van der Waals surface area contributed by atoms with Crippen LogP contribution in [-0.4, -0.2) is 39.8 Å². The van der Waals surface area contributed by atoms with Gasteiger partial charge in [-0.2, -0.15) is 0 Å². The molecule has 0 unspecified atom stereocenters. The Balaban J connectivity index is 2.56. The molecule has 2 N–H and O–H groups in total. The van der Waals surface area contributed by atoms with Gasteiger partial charge in [-0.05, 0) is 12.5 Å². The summed E-state index contributed by atoms with van der Waals surface area (Å²) in [6, 6.07) is 6.05. The highest BCUT2D eigenvalue weighted by molar-refractivity contribution is 5.75. The van der Waals surface area contributed by atoms with Gasteiger partial charge in [0.25, 0.3) is 0 Å². The Kier molecular flexibility index (Phi) is 7.69. The minimum absolute atomic E-state index is 0.0154. The van der Waals surface area contributed by atoms with Gasteiger partial charge in [-0.3, -0.25) is 4.79 Å². The maximum absolute atomic E-state index is 11.2. The summed E-state index contributed by atoms with van der Waals surface area (Å²) in [6.45, 7) is 4.59. The highest BCUT2D eigenvalue weighted by Gasteiger charge is 2.07. The quantitative estimate of drug-likeness (QED) is 0.668. The average molecular weight is 280 g/mol. The summed E-state index contributed by atoms with van der Waals surface area (Å²) in [7, 11) is 3.31. The summed E-state index contributed by atoms with van der Waals surface area (Å²) in [5.74, 6) is 0.847. The van der Waals surface area contributed by atoms with E-state index in [0.717, 1.165) is 30.0 Å². The molecule has 0 saturated heterocycles. The molecule has 1 amide bonds. The lowest BCUT2D eigenvalue weighted by atomic mass is 10.1. The van der Waals surface area contributed by atoms with Crippen molar-refractivity contribution in [3.05, 3.63) is 29.3 Å². The summed E-state index contributed by atoms with van der Waals surface area (Å²) in [6.07, 6.45) is 0.362. The molecule has 0 heterocycles. The van der Waals surface area contributed by atoms with E-state index in [2.05, 4.69) is 10.6 Å². The van der Waals surface area contributed by atoms with Crippen LogP contribution < -0.4 is 15.4 Å². The molecule has 5 heteroatoms. The van der Waals surface area contributed by atoms with Crippen molar-refractivity contribution in [3.8, 4) is 5.75 Å². The van der Waals surface area contributed by atoms with Crippen molar-refractivity contribution in [2.45, 2.75) is 19.9 Å². The highest BCUT2D eigenvalue weighted by atomic mass is 16.5. The predicted molar refractivity (Wildman–Crippen MR) is 78.9 cm³/mol. The highest BCUT2D eigenvalue weighted by Crippen LogP contribution is 2.23. The van der Waals surface area contributed by atoms with Crippen LogP contribution in [-0.2, 0) is 16.1 Å². The van der Waals surface area contributed by atoms with Gasteiger partial charge in [0.15, 0.2) is 0 Å². The van der Waals surface area contributed by atoms with Gasteiger partial charge < -0.3 is 20.1 Å². The van der Waals surface area contributed by atoms with Crippen LogP contribution in [0.5, 0.6) is 5.75 Å². The van der Waals surface area contributed by atoms with Crippen molar-refractivity contribution in [1.29, 1.82) is 0 Å². The Bertz CT molecular complexity index is 422. The van der Waals surface area contributed by atoms with E-state index < -0.39 is 0 Å². The van der Waals surface area contributed by atoms with Gasteiger partial charge in [-0.1, -0.05) is 18.2 Å². The first-order valence-corrected chi connectivity index (χ1v) is 6.80. The number of para-hydroxylation sites is 1. The molecule has 1 aromatic rings. The number of aryl methyl sites for hydroxylation is 1. The van der Waals surface area contributed by atoms with E-state index in [1.165, 1.54) is 0 Å². The van der Waals surface area contributed by atoms with E-state index in [4.69, 9.17) is 9.47 Å². The molecular weight excluding hydrogens is 256 g/mol. The number of nitrogens with one attached hydrogen (secondary N) is 2. The first-order valence-electron chi connectivity index (χ1n) is 6.80. The third kappa shape index (κ3) is 5.59. The number of hydrogen-bond acceptors (Lipinski definition) is 4. The largest absolute Gasteiger partial charge is 0.492 e. The van der Waals surface area contributed by atoms with Gasteiger partial charge in [-0.15, -0.1) is 0 Å². The molecule has 0 aromatic heterocycles. The van der Waals surface area contributed by atoms with Crippen molar-refractivity contribution in [2.75, 3.05) is 33.9 Å². The van der Waals surface area contributed by atoms with E-state index in [9.17, 15) is 4.79 Å². The third-order valence-corrected chi connectivity index (χ3v) is 2.95.